The summed E-state index contributed by atoms with van der Waals surface area (Å²) < 4.78 is 63.9. The van der Waals surface area contributed by atoms with Crippen LogP contribution in [0.25, 0.3) is 5.69 Å². The molecule has 0 aliphatic heterocycles. The maximum atomic E-state index is 14.5. The highest BCUT2D eigenvalue weighted by molar-refractivity contribution is 9.09. The van der Waals surface area contributed by atoms with Crippen molar-refractivity contribution < 1.29 is 31.8 Å². The van der Waals surface area contributed by atoms with Gasteiger partial charge >= 0.3 is 17.8 Å². The van der Waals surface area contributed by atoms with E-state index < -0.39 is 46.7 Å². The van der Waals surface area contributed by atoms with E-state index in [-0.39, 0.29) is 32.4 Å². The lowest BCUT2D eigenvalue weighted by Crippen LogP contribution is -2.41. The molecule has 1 atom stereocenters. The standard InChI is InChI=1S/C17H14BrClF4N2O5/c1-24-13(17(21,22)23)7-14(26)25(16(24)28)10-6-12(8(19)5-9(10)20)30-11(3-4-18)15(27)29-2/h5-7,11H,3-4H2,1-2H3. The first-order valence-electron chi connectivity index (χ1n) is 8.12. The Hall–Kier alpha value is -2.34. The molecule has 0 aliphatic rings. The summed E-state index contributed by atoms with van der Waals surface area (Å²) in [4.78, 5) is 36.4. The monoisotopic (exact) mass is 516 g/mol. The number of methoxy groups -OCH3 is 1. The van der Waals surface area contributed by atoms with E-state index in [4.69, 9.17) is 16.3 Å². The van der Waals surface area contributed by atoms with Gasteiger partial charge in [0, 0.05) is 30.9 Å². The van der Waals surface area contributed by atoms with Gasteiger partial charge in [-0.1, -0.05) is 27.5 Å². The largest absolute Gasteiger partial charge is 0.477 e. The van der Waals surface area contributed by atoms with Crippen LogP contribution in [0.1, 0.15) is 12.1 Å². The molecule has 13 heteroatoms. The quantitative estimate of drug-likeness (QED) is 0.334. The number of hydrogen-bond acceptors (Lipinski definition) is 5. The van der Waals surface area contributed by atoms with E-state index in [9.17, 15) is 31.9 Å². The number of nitrogens with zero attached hydrogens (tertiary/aromatic N) is 2. The summed E-state index contributed by atoms with van der Waals surface area (Å²) in [5.74, 6) is -2.21. The third-order valence-corrected chi connectivity index (χ3v) is 4.71. The molecule has 1 aromatic heterocycles. The van der Waals surface area contributed by atoms with Gasteiger partial charge in [0.1, 0.15) is 17.3 Å². The minimum absolute atomic E-state index is 0.137. The lowest BCUT2D eigenvalue weighted by Gasteiger charge is -2.19. The van der Waals surface area contributed by atoms with Gasteiger partial charge in [0.05, 0.1) is 17.8 Å². The second kappa shape index (κ2) is 9.21. The molecule has 0 fully saturated rings. The van der Waals surface area contributed by atoms with Crippen LogP contribution in [0.3, 0.4) is 0 Å². The van der Waals surface area contributed by atoms with Crippen molar-refractivity contribution in [2.24, 2.45) is 7.05 Å². The number of hydrogen-bond donors (Lipinski definition) is 0. The number of esters is 1. The summed E-state index contributed by atoms with van der Waals surface area (Å²) in [5.41, 5.74) is -5.05. The number of alkyl halides is 4. The molecule has 2 rings (SSSR count). The van der Waals surface area contributed by atoms with Crippen LogP contribution in [-0.4, -0.2) is 33.6 Å². The van der Waals surface area contributed by atoms with Gasteiger partial charge in [-0.15, -0.1) is 0 Å². The van der Waals surface area contributed by atoms with Gasteiger partial charge in [-0.2, -0.15) is 13.2 Å². The summed E-state index contributed by atoms with van der Waals surface area (Å²) in [5, 5.41) is 0.0358. The van der Waals surface area contributed by atoms with E-state index >= 15 is 0 Å². The lowest BCUT2D eigenvalue weighted by molar-refractivity contribution is -0.149. The number of halogens is 6. The van der Waals surface area contributed by atoms with Crippen LogP contribution in [0.15, 0.2) is 27.8 Å². The van der Waals surface area contributed by atoms with Gasteiger partial charge in [0.25, 0.3) is 5.56 Å². The highest BCUT2D eigenvalue weighted by Crippen LogP contribution is 2.31. The SMILES string of the molecule is COC(=O)C(CCBr)Oc1cc(-n2c(=O)cc(C(F)(F)F)n(C)c2=O)c(F)cc1Cl. The summed E-state index contributed by atoms with van der Waals surface area (Å²) in [6.07, 6.45) is -5.99. The Morgan fingerprint density at radius 2 is 1.90 bits per heavy atom. The van der Waals surface area contributed by atoms with Crippen molar-refractivity contribution in [1.29, 1.82) is 0 Å². The van der Waals surface area contributed by atoms with Crippen molar-refractivity contribution in [1.82, 2.24) is 9.13 Å². The fourth-order valence-corrected chi connectivity index (χ4v) is 3.12. The molecule has 1 heterocycles. The molecular formula is C17H14BrClF4N2O5. The first-order chi connectivity index (χ1) is 13.9. The fraction of sp³-hybridized carbons (Fsp3) is 0.353. The molecule has 0 N–H and O–H groups in total. The number of carbonyl (C=O) groups is 1. The van der Waals surface area contributed by atoms with E-state index in [2.05, 4.69) is 20.7 Å². The summed E-state index contributed by atoms with van der Waals surface area (Å²) >= 11 is 9.06. The fourth-order valence-electron chi connectivity index (χ4n) is 2.51. The van der Waals surface area contributed by atoms with E-state index in [1.807, 2.05) is 0 Å². The van der Waals surface area contributed by atoms with E-state index in [1.54, 1.807) is 0 Å². The van der Waals surface area contributed by atoms with Crippen LogP contribution in [0.4, 0.5) is 17.6 Å². The van der Waals surface area contributed by atoms with Crippen LogP contribution >= 0.6 is 27.5 Å². The van der Waals surface area contributed by atoms with Crippen molar-refractivity contribution in [3.05, 3.63) is 55.6 Å². The van der Waals surface area contributed by atoms with Gasteiger partial charge in [-0.05, 0) is 6.07 Å². The summed E-state index contributed by atoms with van der Waals surface area (Å²) in [6.45, 7) is 0. The molecule has 1 unspecified atom stereocenters. The average Bonchev–Trinajstić information content (AvgIpc) is 2.65. The second-order valence-electron chi connectivity index (χ2n) is 5.88. The molecule has 0 amide bonds. The lowest BCUT2D eigenvalue weighted by atomic mass is 10.2. The molecule has 30 heavy (non-hydrogen) atoms. The molecule has 0 saturated carbocycles. The molecule has 0 saturated heterocycles. The van der Waals surface area contributed by atoms with Crippen LogP contribution in [-0.2, 0) is 22.8 Å². The molecule has 1 aromatic carbocycles. The minimum atomic E-state index is -4.97. The number of aromatic nitrogens is 2. The minimum Gasteiger partial charge on any atom is -0.477 e. The summed E-state index contributed by atoms with van der Waals surface area (Å²) in [7, 11) is 1.91. The molecule has 0 spiro atoms. The molecular weight excluding hydrogens is 504 g/mol. The van der Waals surface area contributed by atoms with Crippen LogP contribution in [0.2, 0.25) is 5.02 Å². The maximum absolute atomic E-state index is 14.5. The van der Waals surface area contributed by atoms with Crippen molar-refractivity contribution in [2.75, 3.05) is 12.4 Å². The van der Waals surface area contributed by atoms with Gasteiger partial charge < -0.3 is 9.47 Å². The van der Waals surface area contributed by atoms with Gasteiger partial charge in [-0.25, -0.2) is 18.5 Å². The second-order valence-corrected chi connectivity index (χ2v) is 7.08. The Bertz CT molecular complexity index is 1080. The third kappa shape index (κ3) is 4.86. The Kier molecular flexibility index (Phi) is 7.35. The van der Waals surface area contributed by atoms with Gasteiger partial charge in [-0.3, -0.25) is 9.36 Å². The maximum Gasteiger partial charge on any atom is 0.431 e. The average molecular weight is 518 g/mol. The number of benzene rings is 1. The van der Waals surface area contributed by atoms with Gasteiger partial charge in [0.2, 0.25) is 0 Å². The van der Waals surface area contributed by atoms with Crippen LogP contribution in [0, 0.1) is 5.82 Å². The predicted molar refractivity (Wildman–Crippen MR) is 102 cm³/mol. The number of carbonyl (C=O) groups excluding carboxylic acids is 1. The molecule has 2 aromatic rings. The zero-order valence-corrected chi connectivity index (χ0v) is 17.8. The normalized spacial score (nSPS) is 12.5. The van der Waals surface area contributed by atoms with Crippen molar-refractivity contribution in [3.63, 3.8) is 0 Å². The number of ether oxygens (including phenoxy) is 2. The summed E-state index contributed by atoms with van der Waals surface area (Å²) in [6, 6.07) is 1.72. The Balaban J connectivity index is 2.66. The predicted octanol–water partition coefficient (Wildman–Crippen LogP) is 3.05. The van der Waals surface area contributed by atoms with Crippen molar-refractivity contribution in [3.8, 4) is 11.4 Å². The Labute approximate surface area is 179 Å². The van der Waals surface area contributed by atoms with Gasteiger partial charge in [0.15, 0.2) is 6.10 Å². The Morgan fingerprint density at radius 3 is 2.43 bits per heavy atom. The molecule has 0 bridgehead atoms. The third-order valence-electron chi connectivity index (χ3n) is 3.96. The van der Waals surface area contributed by atoms with Crippen molar-refractivity contribution >= 4 is 33.5 Å². The van der Waals surface area contributed by atoms with Crippen LogP contribution in [0.5, 0.6) is 5.75 Å². The highest BCUT2D eigenvalue weighted by Gasteiger charge is 2.35. The van der Waals surface area contributed by atoms with E-state index in [1.165, 1.54) is 0 Å². The number of rotatable bonds is 6. The zero-order valence-electron chi connectivity index (χ0n) is 15.4. The zero-order chi connectivity index (χ0) is 22.8. The molecule has 0 radical (unpaired) electrons. The highest BCUT2D eigenvalue weighted by atomic mass is 79.9. The topological polar surface area (TPSA) is 79.5 Å². The van der Waals surface area contributed by atoms with E-state index in [0.29, 0.717) is 11.4 Å². The van der Waals surface area contributed by atoms with Crippen molar-refractivity contribution in [2.45, 2.75) is 18.7 Å². The molecule has 7 nitrogen and oxygen atoms in total. The van der Waals surface area contributed by atoms with E-state index in [0.717, 1.165) is 20.2 Å². The Morgan fingerprint density at radius 1 is 1.27 bits per heavy atom. The molecule has 164 valence electrons. The smallest absolute Gasteiger partial charge is 0.431 e. The van der Waals surface area contributed by atoms with Crippen LogP contribution < -0.4 is 16.0 Å². The first kappa shape index (κ1) is 23.9. The molecule has 0 aliphatic carbocycles. The first-order valence-corrected chi connectivity index (χ1v) is 9.62.